The summed E-state index contributed by atoms with van der Waals surface area (Å²) in [6.07, 6.45) is 10.8. The largest absolute Gasteiger partial charge is 0.325 e. The summed E-state index contributed by atoms with van der Waals surface area (Å²) < 4.78 is 0. The SMILES string of the molecule is CC(C(=O)NNC(=O)CC12CC3CC(CC(C3)C1)C2)N1C(=O)NC2(CCCC2)C1=O. The van der Waals surface area contributed by atoms with Gasteiger partial charge in [0.25, 0.3) is 11.8 Å². The van der Waals surface area contributed by atoms with Crippen LogP contribution in [0.15, 0.2) is 0 Å². The molecular weight excluding hydrogens is 384 g/mol. The zero-order valence-electron chi connectivity index (χ0n) is 17.7. The van der Waals surface area contributed by atoms with Crippen LogP contribution in [0.2, 0.25) is 0 Å². The Morgan fingerprint density at radius 3 is 2.17 bits per heavy atom. The van der Waals surface area contributed by atoms with Gasteiger partial charge in [0, 0.05) is 6.42 Å². The van der Waals surface area contributed by atoms with Crippen LogP contribution in [0, 0.1) is 23.2 Å². The van der Waals surface area contributed by atoms with Crippen LogP contribution >= 0.6 is 0 Å². The highest BCUT2D eigenvalue weighted by Crippen LogP contribution is 2.61. The number of carbonyl (C=O) groups is 4. The predicted molar refractivity (Wildman–Crippen MR) is 108 cm³/mol. The number of hydrazine groups is 1. The highest BCUT2D eigenvalue weighted by Gasteiger charge is 2.55. The first-order chi connectivity index (χ1) is 14.3. The fraction of sp³-hybridized carbons (Fsp3) is 0.818. The van der Waals surface area contributed by atoms with E-state index in [0.29, 0.717) is 19.3 Å². The maximum atomic E-state index is 12.8. The molecule has 1 saturated heterocycles. The fourth-order valence-electron chi connectivity index (χ4n) is 7.55. The fourth-order valence-corrected chi connectivity index (χ4v) is 7.55. The molecule has 1 atom stereocenters. The Morgan fingerprint density at radius 2 is 1.60 bits per heavy atom. The molecule has 5 saturated carbocycles. The smallest absolute Gasteiger partial charge is 0.323 e. The topological polar surface area (TPSA) is 108 Å². The van der Waals surface area contributed by atoms with Crippen molar-refractivity contribution in [3.05, 3.63) is 0 Å². The maximum Gasteiger partial charge on any atom is 0.325 e. The van der Waals surface area contributed by atoms with Gasteiger partial charge in [-0.05, 0) is 81.5 Å². The van der Waals surface area contributed by atoms with Gasteiger partial charge in [-0.15, -0.1) is 0 Å². The maximum absolute atomic E-state index is 12.8. The minimum atomic E-state index is -0.975. The van der Waals surface area contributed by atoms with E-state index >= 15 is 0 Å². The lowest BCUT2D eigenvalue weighted by Gasteiger charge is -2.56. The molecule has 5 aliphatic carbocycles. The number of amides is 5. The molecule has 1 aliphatic heterocycles. The summed E-state index contributed by atoms with van der Waals surface area (Å²) in [5.74, 6) is 1.24. The highest BCUT2D eigenvalue weighted by atomic mass is 16.2. The summed E-state index contributed by atoms with van der Waals surface area (Å²) in [6.45, 7) is 1.52. The molecule has 5 amide bonds. The van der Waals surface area contributed by atoms with Crippen LogP contribution < -0.4 is 16.2 Å². The molecule has 1 heterocycles. The average Bonchev–Trinajstić information content (AvgIpc) is 3.23. The van der Waals surface area contributed by atoms with Crippen molar-refractivity contribution in [3.8, 4) is 0 Å². The zero-order valence-corrected chi connectivity index (χ0v) is 17.7. The second-order valence-corrected chi connectivity index (χ2v) is 10.7. The lowest BCUT2D eigenvalue weighted by atomic mass is 9.49. The molecule has 30 heavy (non-hydrogen) atoms. The van der Waals surface area contributed by atoms with E-state index in [1.54, 1.807) is 0 Å². The zero-order chi connectivity index (χ0) is 21.1. The summed E-state index contributed by atoms with van der Waals surface area (Å²) in [7, 11) is 0. The number of rotatable bonds is 4. The molecular formula is C22H32N4O4. The molecule has 0 aromatic carbocycles. The Bertz CT molecular complexity index is 753. The van der Waals surface area contributed by atoms with Crippen molar-refractivity contribution >= 4 is 23.8 Å². The molecule has 6 rings (SSSR count). The molecule has 164 valence electrons. The van der Waals surface area contributed by atoms with Crippen LogP contribution in [0.25, 0.3) is 0 Å². The number of hydrogen-bond acceptors (Lipinski definition) is 4. The molecule has 0 aromatic rings. The first kappa shape index (κ1) is 19.8. The van der Waals surface area contributed by atoms with Gasteiger partial charge in [-0.1, -0.05) is 12.8 Å². The lowest BCUT2D eigenvalue weighted by Crippen LogP contribution is -2.54. The van der Waals surface area contributed by atoms with Crippen LogP contribution in [-0.4, -0.2) is 40.2 Å². The van der Waals surface area contributed by atoms with Crippen LogP contribution in [0.3, 0.4) is 0 Å². The number of imide groups is 1. The van der Waals surface area contributed by atoms with Crippen molar-refractivity contribution in [1.29, 1.82) is 0 Å². The minimum absolute atomic E-state index is 0.0921. The Kier molecular flexibility index (Phi) is 4.59. The summed E-state index contributed by atoms with van der Waals surface area (Å²) >= 11 is 0. The Labute approximate surface area is 176 Å². The molecule has 8 nitrogen and oxygen atoms in total. The number of hydrogen-bond donors (Lipinski definition) is 3. The summed E-state index contributed by atoms with van der Waals surface area (Å²) in [5.41, 5.74) is 4.25. The highest BCUT2D eigenvalue weighted by molar-refractivity contribution is 6.10. The minimum Gasteiger partial charge on any atom is -0.323 e. The Hall–Kier alpha value is -2.12. The normalized spacial score (nSPS) is 36.8. The van der Waals surface area contributed by atoms with E-state index < -0.39 is 23.5 Å². The van der Waals surface area contributed by atoms with Crippen molar-refractivity contribution < 1.29 is 19.2 Å². The van der Waals surface area contributed by atoms with Gasteiger partial charge in [0.1, 0.15) is 11.6 Å². The van der Waals surface area contributed by atoms with Gasteiger partial charge < -0.3 is 5.32 Å². The second-order valence-electron chi connectivity index (χ2n) is 10.7. The van der Waals surface area contributed by atoms with Crippen LogP contribution in [0.4, 0.5) is 4.79 Å². The van der Waals surface area contributed by atoms with Crippen LogP contribution in [0.1, 0.15) is 77.6 Å². The van der Waals surface area contributed by atoms with Gasteiger partial charge in [0.2, 0.25) is 5.91 Å². The third-order valence-corrected chi connectivity index (χ3v) is 8.44. The van der Waals surface area contributed by atoms with Crippen molar-refractivity contribution in [2.75, 3.05) is 0 Å². The molecule has 0 aromatic heterocycles. The van der Waals surface area contributed by atoms with E-state index in [1.807, 2.05) is 0 Å². The predicted octanol–water partition coefficient (Wildman–Crippen LogP) is 1.99. The van der Waals surface area contributed by atoms with Gasteiger partial charge in [-0.25, -0.2) is 9.69 Å². The van der Waals surface area contributed by atoms with Gasteiger partial charge in [0.15, 0.2) is 0 Å². The Balaban J connectivity index is 1.16. The van der Waals surface area contributed by atoms with Gasteiger partial charge in [-0.2, -0.15) is 0 Å². The number of carbonyl (C=O) groups excluding carboxylic acids is 4. The van der Waals surface area contributed by atoms with Crippen LogP contribution in [0.5, 0.6) is 0 Å². The molecule has 1 unspecified atom stereocenters. The molecule has 6 fully saturated rings. The molecule has 8 heteroatoms. The molecule has 0 radical (unpaired) electrons. The summed E-state index contributed by atoms with van der Waals surface area (Å²) in [5, 5.41) is 2.79. The van der Waals surface area contributed by atoms with Gasteiger partial charge in [0.05, 0.1) is 0 Å². The Morgan fingerprint density at radius 1 is 1.03 bits per heavy atom. The first-order valence-electron chi connectivity index (χ1n) is 11.5. The quantitative estimate of drug-likeness (QED) is 0.481. The monoisotopic (exact) mass is 416 g/mol. The average molecular weight is 417 g/mol. The second kappa shape index (κ2) is 6.95. The number of urea groups is 1. The molecule has 6 aliphatic rings. The number of nitrogens with zero attached hydrogens (tertiary/aromatic N) is 1. The van der Waals surface area contributed by atoms with Crippen LogP contribution in [-0.2, 0) is 14.4 Å². The van der Waals surface area contributed by atoms with Gasteiger partial charge in [-0.3, -0.25) is 25.2 Å². The third kappa shape index (κ3) is 3.19. The van der Waals surface area contributed by atoms with E-state index in [2.05, 4.69) is 16.2 Å². The van der Waals surface area contributed by atoms with Gasteiger partial charge >= 0.3 is 6.03 Å². The van der Waals surface area contributed by atoms with E-state index in [-0.39, 0.29) is 17.2 Å². The molecule has 3 N–H and O–H groups in total. The van der Waals surface area contributed by atoms with Crippen molar-refractivity contribution in [2.45, 2.75) is 89.1 Å². The first-order valence-corrected chi connectivity index (χ1v) is 11.5. The van der Waals surface area contributed by atoms with Crippen molar-refractivity contribution in [1.82, 2.24) is 21.1 Å². The van der Waals surface area contributed by atoms with E-state index in [0.717, 1.165) is 54.8 Å². The molecule has 4 bridgehead atoms. The van der Waals surface area contributed by atoms with E-state index in [4.69, 9.17) is 0 Å². The van der Waals surface area contributed by atoms with E-state index in [9.17, 15) is 19.2 Å². The molecule has 1 spiro atoms. The van der Waals surface area contributed by atoms with Crippen molar-refractivity contribution in [2.24, 2.45) is 23.2 Å². The third-order valence-electron chi connectivity index (χ3n) is 8.44. The standard InChI is InChI=1S/C22H32N4O4/c1-13(26-19(29)22(23-20(26)30)4-2-3-5-22)18(28)25-24-17(27)12-21-9-14-6-15(10-21)8-16(7-14)11-21/h13-16H,2-12H2,1H3,(H,23,30)(H,24,27)(H,25,28). The number of nitrogens with one attached hydrogen (secondary N) is 3. The van der Waals surface area contributed by atoms with E-state index in [1.165, 1.54) is 26.2 Å². The lowest BCUT2D eigenvalue weighted by molar-refractivity contribution is -0.139. The van der Waals surface area contributed by atoms with Crippen molar-refractivity contribution in [3.63, 3.8) is 0 Å². The summed E-state index contributed by atoms with van der Waals surface area (Å²) in [6, 6.07) is -1.50. The summed E-state index contributed by atoms with van der Waals surface area (Å²) in [4.78, 5) is 51.4.